The molecule has 2 aliphatic rings. The van der Waals surface area contributed by atoms with Crippen molar-refractivity contribution in [2.75, 3.05) is 6.61 Å². The molecule has 0 unspecified atom stereocenters. The maximum absolute atomic E-state index is 12.5. The molecule has 5 nitrogen and oxygen atoms in total. The Morgan fingerprint density at radius 3 is 2.74 bits per heavy atom. The molecule has 1 saturated carbocycles. The van der Waals surface area contributed by atoms with Crippen molar-refractivity contribution in [1.29, 1.82) is 0 Å². The van der Waals surface area contributed by atoms with Crippen molar-refractivity contribution in [3.05, 3.63) is 35.9 Å². The molecular formula is C18H24N2O3. The lowest BCUT2D eigenvalue weighted by molar-refractivity contribution is -0.129. The molecule has 2 amide bonds. The summed E-state index contributed by atoms with van der Waals surface area (Å²) in [5.41, 5.74) is 6.54. The third-order valence-corrected chi connectivity index (χ3v) is 5.15. The topological polar surface area (TPSA) is 81.4 Å². The summed E-state index contributed by atoms with van der Waals surface area (Å²) in [6.07, 6.45) is 3.38. The zero-order valence-corrected chi connectivity index (χ0v) is 13.5. The molecular weight excluding hydrogens is 292 g/mol. The summed E-state index contributed by atoms with van der Waals surface area (Å²) < 4.78 is 5.57. The van der Waals surface area contributed by atoms with Gasteiger partial charge in [0.1, 0.15) is 6.04 Å². The highest BCUT2D eigenvalue weighted by atomic mass is 16.5. The van der Waals surface area contributed by atoms with Crippen LogP contribution >= 0.6 is 0 Å². The maximum Gasteiger partial charge on any atom is 0.240 e. The predicted molar refractivity (Wildman–Crippen MR) is 86.5 cm³/mol. The molecule has 1 spiro atoms. The van der Waals surface area contributed by atoms with Gasteiger partial charge >= 0.3 is 0 Å². The Labute approximate surface area is 136 Å². The van der Waals surface area contributed by atoms with Crippen LogP contribution in [0, 0.1) is 11.3 Å². The highest BCUT2D eigenvalue weighted by Crippen LogP contribution is 2.60. The molecule has 1 aliphatic heterocycles. The maximum atomic E-state index is 12.5. The van der Waals surface area contributed by atoms with Gasteiger partial charge in [0.2, 0.25) is 11.8 Å². The molecule has 1 heterocycles. The van der Waals surface area contributed by atoms with Crippen molar-refractivity contribution in [3.8, 4) is 0 Å². The van der Waals surface area contributed by atoms with E-state index in [2.05, 4.69) is 12.2 Å². The Kier molecular flexibility index (Phi) is 4.39. The fraction of sp³-hybridized carbons (Fsp3) is 0.556. The number of primary amides is 1. The predicted octanol–water partition coefficient (Wildman–Crippen LogP) is 1.40. The lowest BCUT2D eigenvalue weighted by Gasteiger charge is -2.28. The van der Waals surface area contributed by atoms with Crippen LogP contribution in [0.4, 0.5) is 0 Å². The lowest BCUT2D eigenvalue weighted by Crippen LogP contribution is -2.47. The zero-order chi connectivity index (χ0) is 16.4. The van der Waals surface area contributed by atoms with E-state index in [0.29, 0.717) is 13.0 Å². The SMILES string of the molecule is C[C@@H]1C[C@]2(CCO1)C[C@@H]2C(=O)N[C@H](Cc1ccccc1)C(N)=O. The molecule has 1 aliphatic carbocycles. The van der Waals surface area contributed by atoms with E-state index in [1.165, 1.54) is 0 Å². The number of carbonyl (C=O) groups is 2. The molecule has 2 fully saturated rings. The first-order valence-corrected chi connectivity index (χ1v) is 8.25. The lowest BCUT2D eigenvalue weighted by atomic mass is 9.90. The van der Waals surface area contributed by atoms with Gasteiger partial charge in [-0.2, -0.15) is 0 Å². The zero-order valence-electron chi connectivity index (χ0n) is 13.5. The minimum Gasteiger partial charge on any atom is -0.378 e. The van der Waals surface area contributed by atoms with Gasteiger partial charge in [0, 0.05) is 18.9 Å². The Morgan fingerprint density at radius 1 is 1.35 bits per heavy atom. The summed E-state index contributed by atoms with van der Waals surface area (Å²) in [7, 11) is 0. The number of carbonyl (C=O) groups excluding carboxylic acids is 2. The smallest absolute Gasteiger partial charge is 0.240 e. The fourth-order valence-electron chi connectivity index (χ4n) is 3.76. The molecule has 1 aromatic rings. The first-order valence-electron chi connectivity index (χ1n) is 8.25. The van der Waals surface area contributed by atoms with Crippen molar-refractivity contribution in [1.82, 2.24) is 5.32 Å². The monoisotopic (exact) mass is 316 g/mol. The second-order valence-electron chi connectivity index (χ2n) is 6.91. The first kappa shape index (κ1) is 16.0. The number of rotatable bonds is 5. The molecule has 0 radical (unpaired) electrons. The van der Waals surface area contributed by atoms with Crippen LogP contribution in [-0.4, -0.2) is 30.6 Å². The van der Waals surface area contributed by atoms with Crippen molar-refractivity contribution in [3.63, 3.8) is 0 Å². The van der Waals surface area contributed by atoms with E-state index in [9.17, 15) is 9.59 Å². The van der Waals surface area contributed by atoms with Gasteiger partial charge in [-0.05, 0) is 37.2 Å². The summed E-state index contributed by atoms with van der Waals surface area (Å²) in [4.78, 5) is 24.2. The van der Waals surface area contributed by atoms with Crippen LogP contribution in [0.15, 0.2) is 30.3 Å². The number of ether oxygens (including phenoxy) is 1. The van der Waals surface area contributed by atoms with E-state index in [1.54, 1.807) is 0 Å². The molecule has 3 N–H and O–H groups in total. The number of nitrogens with one attached hydrogen (secondary N) is 1. The van der Waals surface area contributed by atoms with Gasteiger partial charge in [-0.1, -0.05) is 30.3 Å². The second-order valence-corrected chi connectivity index (χ2v) is 6.91. The van der Waals surface area contributed by atoms with Gasteiger partial charge in [-0.3, -0.25) is 9.59 Å². The van der Waals surface area contributed by atoms with E-state index in [1.807, 2.05) is 30.3 Å². The van der Waals surface area contributed by atoms with Crippen molar-refractivity contribution in [2.45, 2.75) is 44.8 Å². The summed E-state index contributed by atoms with van der Waals surface area (Å²) >= 11 is 0. The number of amides is 2. The number of hydrogen-bond acceptors (Lipinski definition) is 3. The molecule has 1 aromatic carbocycles. The van der Waals surface area contributed by atoms with Gasteiger partial charge < -0.3 is 15.8 Å². The molecule has 0 bridgehead atoms. The van der Waals surface area contributed by atoms with Gasteiger partial charge in [0.05, 0.1) is 6.10 Å². The Morgan fingerprint density at radius 2 is 2.09 bits per heavy atom. The fourth-order valence-corrected chi connectivity index (χ4v) is 3.76. The molecule has 3 rings (SSSR count). The molecule has 5 heteroatoms. The van der Waals surface area contributed by atoms with E-state index < -0.39 is 11.9 Å². The van der Waals surface area contributed by atoms with Gasteiger partial charge in [-0.25, -0.2) is 0 Å². The van der Waals surface area contributed by atoms with Crippen molar-refractivity contribution in [2.24, 2.45) is 17.1 Å². The van der Waals surface area contributed by atoms with Crippen LogP contribution in [0.25, 0.3) is 0 Å². The standard InChI is InChI=1S/C18H24N2O3/c1-12-10-18(7-8-23-12)11-14(18)17(22)20-15(16(19)21)9-13-5-3-2-4-6-13/h2-6,12,14-15H,7-11H2,1H3,(H2,19,21)(H,20,22)/t12-,14-,15-,18-/m1/s1. The second kappa shape index (κ2) is 6.32. The van der Waals surface area contributed by atoms with Crippen LogP contribution in [-0.2, 0) is 20.7 Å². The summed E-state index contributed by atoms with van der Waals surface area (Å²) in [6.45, 7) is 2.77. The Balaban J connectivity index is 1.60. The average Bonchev–Trinajstić information content (AvgIpc) is 3.20. The van der Waals surface area contributed by atoms with Gasteiger partial charge in [0.25, 0.3) is 0 Å². The number of benzene rings is 1. The third-order valence-electron chi connectivity index (χ3n) is 5.15. The first-order chi connectivity index (χ1) is 11.0. The minimum atomic E-state index is -0.653. The Hall–Kier alpha value is -1.88. The van der Waals surface area contributed by atoms with Crippen LogP contribution in [0.1, 0.15) is 31.7 Å². The molecule has 0 aromatic heterocycles. The quantitative estimate of drug-likeness (QED) is 0.861. The average molecular weight is 316 g/mol. The van der Waals surface area contributed by atoms with E-state index in [0.717, 1.165) is 24.8 Å². The van der Waals surface area contributed by atoms with E-state index in [4.69, 9.17) is 10.5 Å². The van der Waals surface area contributed by atoms with E-state index in [-0.39, 0.29) is 23.3 Å². The number of hydrogen-bond donors (Lipinski definition) is 2. The highest BCUT2D eigenvalue weighted by Gasteiger charge is 2.59. The summed E-state index contributed by atoms with van der Waals surface area (Å²) in [6, 6.07) is 8.95. The molecule has 23 heavy (non-hydrogen) atoms. The normalized spacial score (nSPS) is 30.7. The van der Waals surface area contributed by atoms with Crippen LogP contribution < -0.4 is 11.1 Å². The molecule has 124 valence electrons. The van der Waals surface area contributed by atoms with Crippen molar-refractivity contribution < 1.29 is 14.3 Å². The van der Waals surface area contributed by atoms with E-state index >= 15 is 0 Å². The van der Waals surface area contributed by atoms with Gasteiger partial charge in [-0.15, -0.1) is 0 Å². The molecule has 4 atom stereocenters. The molecule has 1 saturated heterocycles. The van der Waals surface area contributed by atoms with Crippen LogP contribution in [0.3, 0.4) is 0 Å². The van der Waals surface area contributed by atoms with Crippen LogP contribution in [0.5, 0.6) is 0 Å². The van der Waals surface area contributed by atoms with Crippen LogP contribution in [0.2, 0.25) is 0 Å². The Bertz CT molecular complexity index is 589. The van der Waals surface area contributed by atoms with Gasteiger partial charge in [0.15, 0.2) is 0 Å². The third kappa shape index (κ3) is 3.55. The number of nitrogens with two attached hydrogens (primary N) is 1. The largest absolute Gasteiger partial charge is 0.378 e. The summed E-state index contributed by atoms with van der Waals surface area (Å²) in [5, 5.41) is 2.86. The van der Waals surface area contributed by atoms with Crippen molar-refractivity contribution >= 4 is 11.8 Å². The highest BCUT2D eigenvalue weighted by molar-refractivity contribution is 5.89. The minimum absolute atomic E-state index is 0.00790. The summed E-state index contributed by atoms with van der Waals surface area (Å²) in [5.74, 6) is -0.539.